The van der Waals surface area contributed by atoms with E-state index >= 15 is 0 Å². The van der Waals surface area contributed by atoms with Crippen molar-refractivity contribution in [2.24, 2.45) is 0 Å². The zero-order valence-corrected chi connectivity index (χ0v) is 12.3. The van der Waals surface area contributed by atoms with Gasteiger partial charge in [-0.15, -0.1) is 0 Å². The fourth-order valence-corrected chi connectivity index (χ4v) is 2.16. The molecule has 108 valence electrons. The number of nitrogens with zero attached hydrogens (tertiary/aromatic N) is 2. The van der Waals surface area contributed by atoms with E-state index in [-0.39, 0.29) is 12.5 Å². The summed E-state index contributed by atoms with van der Waals surface area (Å²) in [5.74, 6) is 0.876. The van der Waals surface area contributed by atoms with Gasteiger partial charge in [0.05, 0.1) is 23.2 Å². The molecule has 0 amide bonds. The molecule has 0 aliphatic carbocycles. The number of halogens is 1. The van der Waals surface area contributed by atoms with Crippen molar-refractivity contribution in [1.29, 1.82) is 0 Å². The normalized spacial score (nSPS) is 12.2. The van der Waals surface area contributed by atoms with Crippen LogP contribution in [-0.4, -0.2) is 16.7 Å². The Morgan fingerprint density at radius 1 is 1.33 bits per heavy atom. The van der Waals surface area contributed by atoms with Gasteiger partial charge in [0, 0.05) is 16.7 Å². The highest BCUT2D eigenvalue weighted by atomic mass is 79.9. The van der Waals surface area contributed by atoms with Gasteiger partial charge < -0.3 is 14.8 Å². The molecule has 0 saturated carbocycles. The molecule has 0 saturated heterocycles. The van der Waals surface area contributed by atoms with Crippen LogP contribution in [0, 0.1) is 10.1 Å². The minimum absolute atomic E-state index is 0.0589. The first kappa shape index (κ1) is 13.6. The number of hydrogen-bond acceptors (Lipinski definition) is 6. The summed E-state index contributed by atoms with van der Waals surface area (Å²) in [4.78, 5) is 14.9. The van der Waals surface area contributed by atoms with Gasteiger partial charge in [0.15, 0.2) is 11.5 Å². The van der Waals surface area contributed by atoms with Gasteiger partial charge in [-0.1, -0.05) is 0 Å². The van der Waals surface area contributed by atoms with E-state index in [2.05, 4.69) is 26.2 Å². The fraction of sp³-hybridized carbons (Fsp3) is 0.154. The van der Waals surface area contributed by atoms with Gasteiger partial charge in [-0.3, -0.25) is 15.1 Å². The standard InChI is InChI=1S/C13H10BrN3O4/c14-8-1-2-9(15-5-8)6-16-10-3-12-13(21-7-20-12)4-11(10)17(18)19/h1-5,16H,6-7H2. The van der Waals surface area contributed by atoms with Gasteiger partial charge in [-0.25, -0.2) is 0 Å². The van der Waals surface area contributed by atoms with E-state index in [0.717, 1.165) is 10.2 Å². The molecule has 1 aliphatic heterocycles. The van der Waals surface area contributed by atoms with Gasteiger partial charge >= 0.3 is 0 Å². The number of anilines is 1. The minimum Gasteiger partial charge on any atom is -0.454 e. The predicted octanol–water partition coefficient (Wildman–Crippen LogP) is 3.09. The maximum Gasteiger partial charge on any atom is 0.296 e. The molecule has 8 heteroatoms. The van der Waals surface area contributed by atoms with Gasteiger partial charge in [0.25, 0.3) is 5.69 Å². The summed E-state index contributed by atoms with van der Waals surface area (Å²) in [6.45, 7) is 0.442. The lowest BCUT2D eigenvalue weighted by Gasteiger charge is -2.08. The molecule has 1 aliphatic rings. The SMILES string of the molecule is O=[N+]([O-])c1cc2c(cc1NCc1ccc(Br)cn1)OCO2. The average Bonchev–Trinajstić information content (AvgIpc) is 2.92. The van der Waals surface area contributed by atoms with Crippen molar-refractivity contribution in [3.05, 3.63) is 50.7 Å². The monoisotopic (exact) mass is 351 g/mol. The van der Waals surface area contributed by atoms with E-state index in [1.54, 1.807) is 12.3 Å². The van der Waals surface area contributed by atoms with Crippen LogP contribution in [0.25, 0.3) is 0 Å². The molecule has 1 aromatic heterocycles. The molecule has 0 radical (unpaired) electrons. The number of benzene rings is 1. The largest absolute Gasteiger partial charge is 0.454 e. The second-order valence-corrected chi connectivity index (χ2v) is 5.22. The van der Waals surface area contributed by atoms with Crippen LogP contribution in [0.3, 0.4) is 0 Å². The lowest BCUT2D eigenvalue weighted by molar-refractivity contribution is -0.384. The summed E-state index contributed by atoms with van der Waals surface area (Å²) in [7, 11) is 0. The van der Waals surface area contributed by atoms with Crippen LogP contribution in [0.4, 0.5) is 11.4 Å². The quantitative estimate of drug-likeness (QED) is 0.672. The van der Waals surface area contributed by atoms with Crippen LogP contribution in [0.5, 0.6) is 11.5 Å². The highest BCUT2D eigenvalue weighted by Gasteiger charge is 2.23. The zero-order valence-electron chi connectivity index (χ0n) is 10.7. The molecule has 21 heavy (non-hydrogen) atoms. The van der Waals surface area contributed by atoms with E-state index in [0.29, 0.717) is 23.7 Å². The Hall–Kier alpha value is -2.35. The Morgan fingerprint density at radius 3 is 2.76 bits per heavy atom. The number of nitro groups is 1. The number of rotatable bonds is 4. The molecule has 0 bridgehead atoms. The summed E-state index contributed by atoms with van der Waals surface area (Å²) in [5, 5.41) is 14.1. The van der Waals surface area contributed by atoms with E-state index in [1.807, 2.05) is 12.1 Å². The Balaban J connectivity index is 1.84. The summed E-state index contributed by atoms with van der Waals surface area (Å²) in [6, 6.07) is 6.62. The molecule has 2 aromatic rings. The maximum atomic E-state index is 11.1. The number of hydrogen-bond donors (Lipinski definition) is 1. The number of aromatic nitrogens is 1. The third kappa shape index (κ3) is 2.89. The molecular weight excluding hydrogens is 342 g/mol. The topological polar surface area (TPSA) is 86.5 Å². The zero-order chi connectivity index (χ0) is 14.8. The van der Waals surface area contributed by atoms with Crippen LogP contribution in [0.1, 0.15) is 5.69 Å². The Kier molecular flexibility index (Phi) is 3.61. The fourth-order valence-electron chi connectivity index (χ4n) is 1.92. The molecule has 0 unspecified atom stereocenters. The number of ether oxygens (including phenoxy) is 2. The summed E-state index contributed by atoms with van der Waals surface area (Å²) in [5.41, 5.74) is 1.08. The molecule has 1 N–H and O–H groups in total. The van der Waals surface area contributed by atoms with E-state index in [4.69, 9.17) is 9.47 Å². The van der Waals surface area contributed by atoms with E-state index in [1.165, 1.54) is 6.07 Å². The lowest BCUT2D eigenvalue weighted by atomic mass is 10.2. The third-order valence-corrected chi connectivity index (χ3v) is 3.41. The second kappa shape index (κ2) is 5.57. The molecule has 0 fully saturated rings. The highest BCUT2D eigenvalue weighted by Crippen LogP contribution is 2.40. The second-order valence-electron chi connectivity index (χ2n) is 4.30. The van der Waals surface area contributed by atoms with Gasteiger partial charge in [-0.2, -0.15) is 0 Å². The van der Waals surface area contributed by atoms with Gasteiger partial charge in [0.2, 0.25) is 6.79 Å². The molecule has 2 heterocycles. The van der Waals surface area contributed by atoms with Crippen LogP contribution in [-0.2, 0) is 6.54 Å². The number of fused-ring (bicyclic) bond motifs is 1. The number of nitro benzene ring substituents is 1. The maximum absolute atomic E-state index is 11.1. The van der Waals surface area contributed by atoms with Crippen LogP contribution in [0.15, 0.2) is 34.9 Å². The van der Waals surface area contributed by atoms with E-state index in [9.17, 15) is 10.1 Å². The third-order valence-electron chi connectivity index (χ3n) is 2.94. The Labute approximate surface area is 128 Å². The Morgan fingerprint density at radius 2 is 2.10 bits per heavy atom. The molecule has 3 rings (SSSR count). The smallest absolute Gasteiger partial charge is 0.296 e. The van der Waals surface area contributed by atoms with Crippen molar-refractivity contribution in [3.63, 3.8) is 0 Å². The van der Waals surface area contributed by atoms with Crippen molar-refractivity contribution < 1.29 is 14.4 Å². The van der Waals surface area contributed by atoms with Crippen LogP contribution >= 0.6 is 15.9 Å². The first-order valence-electron chi connectivity index (χ1n) is 6.06. The van der Waals surface area contributed by atoms with Crippen molar-refractivity contribution >= 4 is 27.3 Å². The number of nitrogens with one attached hydrogen (secondary N) is 1. The molecule has 0 atom stereocenters. The molecule has 0 spiro atoms. The molecule has 7 nitrogen and oxygen atoms in total. The van der Waals surface area contributed by atoms with Crippen molar-refractivity contribution in [2.75, 3.05) is 12.1 Å². The van der Waals surface area contributed by atoms with Crippen LogP contribution in [0.2, 0.25) is 0 Å². The first-order chi connectivity index (χ1) is 10.1. The van der Waals surface area contributed by atoms with Gasteiger partial charge in [-0.05, 0) is 28.1 Å². The minimum atomic E-state index is -0.459. The molecule has 1 aromatic carbocycles. The first-order valence-corrected chi connectivity index (χ1v) is 6.85. The summed E-state index contributed by atoms with van der Waals surface area (Å²) < 4.78 is 11.3. The van der Waals surface area contributed by atoms with Crippen LogP contribution < -0.4 is 14.8 Å². The summed E-state index contributed by atoms with van der Waals surface area (Å²) >= 11 is 3.30. The number of pyridine rings is 1. The highest BCUT2D eigenvalue weighted by molar-refractivity contribution is 9.10. The predicted molar refractivity (Wildman–Crippen MR) is 78.5 cm³/mol. The van der Waals surface area contributed by atoms with Crippen molar-refractivity contribution in [3.8, 4) is 11.5 Å². The van der Waals surface area contributed by atoms with Crippen molar-refractivity contribution in [2.45, 2.75) is 6.54 Å². The van der Waals surface area contributed by atoms with Crippen molar-refractivity contribution in [1.82, 2.24) is 4.98 Å². The van der Waals surface area contributed by atoms with E-state index < -0.39 is 4.92 Å². The average molecular weight is 352 g/mol. The lowest BCUT2D eigenvalue weighted by Crippen LogP contribution is -2.04. The summed E-state index contributed by atoms with van der Waals surface area (Å²) in [6.07, 6.45) is 1.67. The molecular formula is C13H10BrN3O4. The van der Waals surface area contributed by atoms with Gasteiger partial charge in [0.1, 0.15) is 5.69 Å². The Bertz CT molecular complexity index is 691.